The van der Waals surface area contributed by atoms with E-state index in [1.807, 2.05) is 0 Å². The number of carbonyl (C=O) groups excluding carboxylic acids is 1. The molecule has 1 aliphatic carbocycles. The summed E-state index contributed by atoms with van der Waals surface area (Å²) >= 11 is 0. The van der Waals surface area contributed by atoms with Gasteiger partial charge in [0.1, 0.15) is 0 Å². The summed E-state index contributed by atoms with van der Waals surface area (Å²) in [4.78, 5) is 15.0. The topological polar surface area (TPSA) is 32.3 Å². The molecule has 1 saturated heterocycles. The van der Waals surface area contributed by atoms with Crippen LogP contribution in [0.25, 0.3) is 0 Å². The predicted octanol–water partition coefficient (Wildman–Crippen LogP) is 3.79. The van der Waals surface area contributed by atoms with E-state index in [0.29, 0.717) is 23.9 Å². The van der Waals surface area contributed by atoms with Crippen molar-refractivity contribution in [1.29, 1.82) is 0 Å². The summed E-state index contributed by atoms with van der Waals surface area (Å²) < 4.78 is 0. The molecule has 21 heavy (non-hydrogen) atoms. The monoisotopic (exact) mass is 294 g/mol. The van der Waals surface area contributed by atoms with Crippen molar-refractivity contribution in [2.45, 2.75) is 85.4 Å². The highest BCUT2D eigenvalue weighted by atomic mass is 16.2. The van der Waals surface area contributed by atoms with Crippen LogP contribution in [0.2, 0.25) is 0 Å². The normalized spacial score (nSPS) is 29.4. The van der Waals surface area contributed by atoms with E-state index < -0.39 is 0 Å². The fourth-order valence-corrected chi connectivity index (χ4v) is 3.67. The molecule has 1 amide bonds. The molecule has 0 radical (unpaired) electrons. The second kappa shape index (κ2) is 6.68. The third-order valence-corrected chi connectivity index (χ3v) is 5.40. The van der Waals surface area contributed by atoms with Gasteiger partial charge in [-0.25, -0.2) is 0 Å². The van der Waals surface area contributed by atoms with Crippen molar-refractivity contribution in [3.05, 3.63) is 0 Å². The molecule has 0 aromatic carbocycles. The van der Waals surface area contributed by atoms with Crippen molar-refractivity contribution in [2.75, 3.05) is 6.54 Å². The summed E-state index contributed by atoms with van der Waals surface area (Å²) in [7, 11) is 0. The first-order chi connectivity index (χ1) is 9.83. The van der Waals surface area contributed by atoms with Crippen molar-refractivity contribution in [1.82, 2.24) is 10.2 Å². The molecule has 3 atom stereocenters. The maximum atomic E-state index is 12.9. The SMILES string of the molecule is CCC(C)C1NC(C2CCCC2)N(CCC(C)(C)C)C1=O. The Balaban J connectivity index is 2.09. The molecule has 1 N–H and O–H groups in total. The zero-order valence-corrected chi connectivity index (χ0v) is 14.6. The predicted molar refractivity (Wildman–Crippen MR) is 87.9 cm³/mol. The molecular weight excluding hydrogens is 260 g/mol. The highest BCUT2D eigenvalue weighted by molar-refractivity contribution is 5.84. The lowest BCUT2D eigenvalue weighted by atomic mass is 9.91. The summed E-state index contributed by atoms with van der Waals surface area (Å²) in [5.41, 5.74) is 0.287. The van der Waals surface area contributed by atoms with E-state index in [1.165, 1.54) is 25.7 Å². The molecule has 122 valence electrons. The van der Waals surface area contributed by atoms with Crippen LogP contribution in [0, 0.1) is 17.3 Å². The molecule has 0 aromatic heterocycles. The van der Waals surface area contributed by atoms with Crippen molar-refractivity contribution in [3.8, 4) is 0 Å². The van der Waals surface area contributed by atoms with Gasteiger partial charge in [0.2, 0.25) is 5.91 Å². The highest BCUT2D eigenvalue weighted by Crippen LogP contribution is 2.34. The molecule has 1 aliphatic heterocycles. The van der Waals surface area contributed by atoms with Crippen LogP contribution in [0.4, 0.5) is 0 Å². The zero-order chi connectivity index (χ0) is 15.6. The van der Waals surface area contributed by atoms with Crippen LogP contribution < -0.4 is 5.32 Å². The molecule has 2 rings (SSSR count). The standard InChI is InChI=1S/C18H34N2O/c1-6-13(2)15-17(21)20(12-11-18(3,4)5)16(19-15)14-9-7-8-10-14/h13-16,19H,6-12H2,1-5H3. The first-order valence-electron chi connectivity index (χ1n) is 8.90. The van der Waals surface area contributed by atoms with Gasteiger partial charge in [-0.1, -0.05) is 53.9 Å². The van der Waals surface area contributed by atoms with E-state index in [-0.39, 0.29) is 11.5 Å². The molecule has 0 spiro atoms. The maximum absolute atomic E-state index is 12.9. The first kappa shape index (κ1) is 16.8. The van der Waals surface area contributed by atoms with Crippen LogP contribution in [0.15, 0.2) is 0 Å². The average Bonchev–Trinajstić information content (AvgIpc) is 3.02. The van der Waals surface area contributed by atoms with Crippen molar-refractivity contribution >= 4 is 5.91 Å². The second-order valence-corrected chi connectivity index (χ2v) is 8.36. The van der Waals surface area contributed by atoms with Crippen molar-refractivity contribution in [2.24, 2.45) is 17.3 Å². The van der Waals surface area contributed by atoms with Crippen LogP contribution in [0.5, 0.6) is 0 Å². The smallest absolute Gasteiger partial charge is 0.241 e. The number of hydrogen-bond acceptors (Lipinski definition) is 2. The molecule has 1 heterocycles. The maximum Gasteiger partial charge on any atom is 0.241 e. The summed E-state index contributed by atoms with van der Waals surface area (Å²) in [6.45, 7) is 12.1. The lowest BCUT2D eigenvalue weighted by Crippen LogP contribution is -2.43. The summed E-state index contributed by atoms with van der Waals surface area (Å²) in [6.07, 6.45) is 7.66. The Morgan fingerprint density at radius 3 is 2.43 bits per heavy atom. The Hall–Kier alpha value is -0.570. The van der Waals surface area contributed by atoms with Gasteiger partial charge in [0.15, 0.2) is 0 Å². The number of hydrogen-bond donors (Lipinski definition) is 1. The molecule has 3 heteroatoms. The van der Waals surface area contributed by atoms with Gasteiger partial charge in [0.25, 0.3) is 0 Å². The van der Waals surface area contributed by atoms with Gasteiger partial charge in [-0.05, 0) is 36.5 Å². The summed E-state index contributed by atoms with van der Waals surface area (Å²) in [5.74, 6) is 1.45. The van der Waals surface area contributed by atoms with Gasteiger partial charge in [-0.2, -0.15) is 0 Å². The Morgan fingerprint density at radius 1 is 1.29 bits per heavy atom. The van der Waals surface area contributed by atoms with E-state index in [4.69, 9.17) is 0 Å². The van der Waals surface area contributed by atoms with E-state index >= 15 is 0 Å². The molecule has 3 unspecified atom stereocenters. The van der Waals surface area contributed by atoms with Gasteiger partial charge in [0.05, 0.1) is 12.2 Å². The van der Waals surface area contributed by atoms with Crippen LogP contribution in [0.3, 0.4) is 0 Å². The molecule has 2 fully saturated rings. The Bertz CT molecular complexity index is 355. The minimum Gasteiger partial charge on any atom is -0.325 e. The molecular formula is C18H34N2O. The third kappa shape index (κ3) is 4.00. The number of rotatable bonds is 5. The van der Waals surface area contributed by atoms with Crippen molar-refractivity contribution < 1.29 is 4.79 Å². The number of nitrogens with one attached hydrogen (secondary N) is 1. The average molecular weight is 294 g/mol. The van der Waals surface area contributed by atoms with Crippen molar-refractivity contribution in [3.63, 3.8) is 0 Å². The molecule has 3 nitrogen and oxygen atoms in total. The quantitative estimate of drug-likeness (QED) is 0.837. The third-order valence-electron chi connectivity index (χ3n) is 5.40. The fourth-order valence-electron chi connectivity index (χ4n) is 3.67. The fraction of sp³-hybridized carbons (Fsp3) is 0.944. The Morgan fingerprint density at radius 2 is 1.90 bits per heavy atom. The lowest BCUT2D eigenvalue weighted by Gasteiger charge is -2.31. The highest BCUT2D eigenvalue weighted by Gasteiger charge is 2.44. The van der Waals surface area contributed by atoms with Crippen LogP contribution in [-0.4, -0.2) is 29.6 Å². The van der Waals surface area contributed by atoms with E-state index in [1.54, 1.807) is 0 Å². The zero-order valence-electron chi connectivity index (χ0n) is 14.6. The molecule has 2 aliphatic rings. The van der Waals surface area contributed by atoms with Gasteiger partial charge in [0, 0.05) is 6.54 Å². The summed E-state index contributed by atoms with van der Waals surface area (Å²) in [6, 6.07) is 0.0422. The van der Waals surface area contributed by atoms with Crippen LogP contribution in [0.1, 0.15) is 73.1 Å². The Labute approximate surface area is 130 Å². The van der Waals surface area contributed by atoms with Gasteiger partial charge >= 0.3 is 0 Å². The van der Waals surface area contributed by atoms with Gasteiger partial charge in [-0.3, -0.25) is 10.1 Å². The lowest BCUT2D eigenvalue weighted by molar-refractivity contribution is -0.131. The molecule has 0 aromatic rings. The Kier molecular flexibility index (Phi) is 5.34. The van der Waals surface area contributed by atoms with Crippen LogP contribution >= 0.6 is 0 Å². The van der Waals surface area contributed by atoms with E-state index in [0.717, 1.165) is 19.4 Å². The largest absolute Gasteiger partial charge is 0.325 e. The molecule has 1 saturated carbocycles. The first-order valence-corrected chi connectivity index (χ1v) is 8.90. The number of amides is 1. The van der Waals surface area contributed by atoms with Gasteiger partial charge < -0.3 is 4.90 Å². The second-order valence-electron chi connectivity index (χ2n) is 8.36. The molecule has 0 bridgehead atoms. The van der Waals surface area contributed by atoms with Gasteiger partial charge in [-0.15, -0.1) is 0 Å². The summed E-state index contributed by atoms with van der Waals surface area (Å²) in [5, 5.41) is 3.70. The van der Waals surface area contributed by atoms with E-state index in [2.05, 4.69) is 44.8 Å². The number of nitrogens with zero attached hydrogens (tertiary/aromatic N) is 1. The van der Waals surface area contributed by atoms with E-state index in [9.17, 15) is 4.79 Å². The number of carbonyl (C=O) groups is 1. The minimum atomic E-state index is 0.0422. The van der Waals surface area contributed by atoms with Crippen LogP contribution in [-0.2, 0) is 4.79 Å². The minimum absolute atomic E-state index is 0.0422.